The summed E-state index contributed by atoms with van der Waals surface area (Å²) in [7, 11) is 1.74. The van der Waals surface area contributed by atoms with Crippen LogP contribution in [0.5, 0.6) is 0 Å². The van der Waals surface area contributed by atoms with Crippen LogP contribution in [0, 0.1) is 5.92 Å². The first-order valence-corrected chi connectivity index (χ1v) is 6.60. The van der Waals surface area contributed by atoms with Gasteiger partial charge in [0.25, 0.3) is 0 Å². The third kappa shape index (κ3) is 2.94. The smallest absolute Gasteiger partial charge is 0.358 e. The van der Waals surface area contributed by atoms with Gasteiger partial charge >= 0.3 is 5.97 Å². The van der Waals surface area contributed by atoms with Crippen molar-refractivity contribution in [3.05, 3.63) is 18.1 Å². The molecule has 1 atom stereocenters. The first-order valence-electron chi connectivity index (χ1n) is 6.60. The van der Waals surface area contributed by atoms with Crippen LogP contribution in [0.3, 0.4) is 0 Å². The van der Waals surface area contributed by atoms with E-state index in [1.807, 2.05) is 13.8 Å². The molecule has 0 aliphatic rings. The molecular formula is C13H19N5O3. The Morgan fingerprint density at radius 1 is 1.48 bits per heavy atom. The van der Waals surface area contributed by atoms with Crippen LogP contribution < -0.4 is 0 Å². The Bertz CT molecular complexity index is 657. The number of nitrogens with zero attached hydrogens (tertiary/aromatic N) is 5. The summed E-state index contributed by atoms with van der Waals surface area (Å²) in [5, 5.41) is 31.3. The van der Waals surface area contributed by atoms with Crippen LogP contribution in [0.25, 0.3) is 11.3 Å². The van der Waals surface area contributed by atoms with Gasteiger partial charge in [-0.25, -0.2) is 9.48 Å². The van der Waals surface area contributed by atoms with E-state index in [0.29, 0.717) is 11.3 Å². The topological polar surface area (TPSA) is 106 Å². The van der Waals surface area contributed by atoms with Crippen molar-refractivity contribution < 1.29 is 15.0 Å². The fourth-order valence-corrected chi connectivity index (χ4v) is 1.88. The van der Waals surface area contributed by atoms with Crippen molar-refractivity contribution in [1.82, 2.24) is 24.8 Å². The number of aromatic carboxylic acids is 1. The normalized spacial score (nSPS) is 14.4. The van der Waals surface area contributed by atoms with Gasteiger partial charge in [0, 0.05) is 18.8 Å². The molecule has 0 aliphatic heterocycles. The van der Waals surface area contributed by atoms with E-state index in [9.17, 15) is 15.0 Å². The van der Waals surface area contributed by atoms with Crippen molar-refractivity contribution in [3.8, 4) is 11.3 Å². The zero-order valence-electron chi connectivity index (χ0n) is 12.5. The molecule has 2 N–H and O–H groups in total. The number of carbonyl (C=O) groups is 1. The summed E-state index contributed by atoms with van der Waals surface area (Å²) in [5.74, 6) is -1.18. The molecule has 8 heteroatoms. The van der Waals surface area contributed by atoms with Crippen molar-refractivity contribution in [3.63, 3.8) is 0 Å². The Balaban J connectivity index is 2.50. The van der Waals surface area contributed by atoms with E-state index in [1.54, 1.807) is 31.0 Å². The fraction of sp³-hybridized carbons (Fsp3) is 0.538. The average Bonchev–Trinajstić information content (AvgIpc) is 2.94. The van der Waals surface area contributed by atoms with Crippen LogP contribution in [0.1, 0.15) is 31.3 Å². The van der Waals surface area contributed by atoms with Gasteiger partial charge in [-0.1, -0.05) is 19.1 Å². The van der Waals surface area contributed by atoms with Gasteiger partial charge in [0.05, 0.1) is 18.3 Å². The highest BCUT2D eigenvalue weighted by atomic mass is 16.4. The van der Waals surface area contributed by atoms with Gasteiger partial charge in [-0.2, -0.15) is 5.10 Å². The largest absolute Gasteiger partial charge is 0.476 e. The number of rotatable bonds is 5. The zero-order valence-corrected chi connectivity index (χ0v) is 12.5. The van der Waals surface area contributed by atoms with Crippen LogP contribution in [0.2, 0.25) is 0 Å². The molecule has 0 radical (unpaired) electrons. The van der Waals surface area contributed by atoms with E-state index in [2.05, 4.69) is 15.4 Å². The molecule has 8 nitrogen and oxygen atoms in total. The molecular weight excluding hydrogens is 274 g/mol. The zero-order chi connectivity index (χ0) is 15.8. The summed E-state index contributed by atoms with van der Waals surface area (Å²) in [4.78, 5) is 11.3. The molecule has 0 bridgehead atoms. The maximum Gasteiger partial charge on any atom is 0.358 e. The molecule has 0 spiro atoms. The summed E-state index contributed by atoms with van der Waals surface area (Å²) in [6.45, 7) is 5.61. The molecule has 2 aromatic rings. The number of hydrogen-bond acceptors (Lipinski definition) is 5. The first-order chi connectivity index (χ1) is 9.72. The van der Waals surface area contributed by atoms with Crippen molar-refractivity contribution in [1.29, 1.82) is 0 Å². The highest BCUT2D eigenvalue weighted by Gasteiger charge is 2.30. The second-order valence-electron chi connectivity index (χ2n) is 5.66. The second-order valence-corrected chi connectivity index (χ2v) is 5.66. The number of aliphatic hydroxyl groups is 1. The number of carboxylic acid groups (broad SMARTS) is 1. The van der Waals surface area contributed by atoms with Gasteiger partial charge in [-0.05, 0) is 12.8 Å². The van der Waals surface area contributed by atoms with Crippen molar-refractivity contribution in [2.45, 2.75) is 32.9 Å². The SMILES string of the molecule is CC(C)C(C)(O)Cn1nnc(C(=O)O)c1-c1cnn(C)c1. The van der Waals surface area contributed by atoms with Gasteiger partial charge in [-0.3, -0.25) is 4.68 Å². The van der Waals surface area contributed by atoms with E-state index < -0.39 is 11.6 Å². The molecule has 2 rings (SSSR count). The Labute approximate surface area is 122 Å². The Morgan fingerprint density at radius 2 is 2.14 bits per heavy atom. The van der Waals surface area contributed by atoms with Crippen LogP contribution in [-0.4, -0.2) is 46.6 Å². The number of hydrogen-bond donors (Lipinski definition) is 2. The predicted molar refractivity (Wildman–Crippen MR) is 74.6 cm³/mol. The third-order valence-corrected chi connectivity index (χ3v) is 3.63. The molecule has 114 valence electrons. The average molecular weight is 293 g/mol. The van der Waals surface area contributed by atoms with E-state index >= 15 is 0 Å². The first kappa shape index (κ1) is 15.2. The number of aryl methyl sites for hydroxylation is 1. The molecule has 2 aromatic heterocycles. The summed E-state index contributed by atoms with van der Waals surface area (Å²) in [6, 6.07) is 0. The van der Waals surface area contributed by atoms with E-state index in [1.165, 1.54) is 4.68 Å². The van der Waals surface area contributed by atoms with Gasteiger partial charge in [0.1, 0.15) is 5.69 Å². The minimum atomic E-state index is -1.16. The molecule has 1 unspecified atom stereocenters. The summed E-state index contributed by atoms with van der Waals surface area (Å²) < 4.78 is 2.99. The lowest BCUT2D eigenvalue weighted by Crippen LogP contribution is -2.36. The molecule has 0 saturated heterocycles. The van der Waals surface area contributed by atoms with Gasteiger partial charge in [0.2, 0.25) is 0 Å². The molecule has 21 heavy (non-hydrogen) atoms. The minimum Gasteiger partial charge on any atom is -0.476 e. The summed E-state index contributed by atoms with van der Waals surface area (Å²) in [6.07, 6.45) is 3.23. The monoisotopic (exact) mass is 293 g/mol. The Hall–Kier alpha value is -2.22. The summed E-state index contributed by atoms with van der Waals surface area (Å²) >= 11 is 0. The van der Waals surface area contributed by atoms with E-state index in [4.69, 9.17) is 0 Å². The molecule has 2 heterocycles. The molecule has 0 fully saturated rings. The van der Waals surface area contributed by atoms with Gasteiger partial charge < -0.3 is 10.2 Å². The van der Waals surface area contributed by atoms with Crippen LogP contribution in [-0.2, 0) is 13.6 Å². The van der Waals surface area contributed by atoms with E-state index in [-0.39, 0.29) is 18.2 Å². The standard InChI is InChI=1S/C13H19N5O3/c1-8(2)13(3,21)7-18-11(9-5-14-17(4)6-9)10(12(19)20)15-16-18/h5-6,8,21H,7H2,1-4H3,(H,19,20). The molecule has 0 amide bonds. The lowest BCUT2D eigenvalue weighted by molar-refractivity contribution is -0.00570. The van der Waals surface area contributed by atoms with Crippen molar-refractivity contribution >= 4 is 5.97 Å². The lowest BCUT2D eigenvalue weighted by Gasteiger charge is -2.27. The Morgan fingerprint density at radius 3 is 2.62 bits per heavy atom. The molecule has 0 aromatic carbocycles. The van der Waals surface area contributed by atoms with Crippen molar-refractivity contribution in [2.75, 3.05) is 0 Å². The number of carboxylic acids is 1. The lowest BCUT2D eigenvalue weighted by atomic mass is 9.92. The highest BCUT2D eigenvalue weighted by molar-refractivity contribution is 5.92. The highest BCUT2D eigenvalue weighted by Crippen LogP contribution is 2.25. The van der Waals surface area contributed by atoms with E-state index in [0.717, 1.165) is 0 Å². The van der Waals surface area contributed by atoms with Crippen LogP contribution in [0.15, 0.2) is 12.4 Å². The van der Waals surface area contributed by atoms with Gasteiger partial charge in [-0.15, -0.1) is 5.10 Å². The van der Waals surface area contributed by atoms with Crippen molar-refractivity contribution in [2.24, 2.45) is 13.0 Å². The van der Waals surface area contributed by atoms with Gasteiger partial charge in [0.15, 0.2) is 5.69 Å². The fourth-order valence-electron chi connectivity index (χ4n) is 1.88. The maximum atomic E-state index is 11.3. The second kappa shape index (κ2) is 5.28. The van der Waals surface area contributed by atoms with Crippen LogP contribution in [0.4, 0.5) is 0 Å². The maximum absolute atomic E-state index is 11.3. The predicted octanol–water partition coefficient (Wildman–Crippen LogP) is 0.784. The van der Waals surface area contributed by atoms with Crippen LogP contribution >= 0.6 is 0 Å². The Kier molecular flexibility index (Phi) is 3.82. The molecule has 0 aliphatic carbocycles. The molecule has 0 saturated carbocycles. The number of aromatic nitrogens is 5. The third-order valence-electron chi connectivity index (χ3n) is 3.63. The minimum absolute atomic E-state index is 0.0169. The summed E-state index contributed by atoms with van der Waals surface area (Å²) in [5.41, 5.74) is -0.237. The quantitative estimate of drug-likeness (QED) is 0.844.